The number of ether oxygens (including phenoxy) is 3. The Bertz CT molecular complexity index is 1400. The topological polar surface area (TPSA) is 115 Å². The number of anilines is 1. The lowest BCUT2D eigenvalue weighted by Crippen LogP contribution is -2.65. The summed E-state index contributed by atoms with van der Waals surface area (Å²) in [5.74, 6) is 1.38. The first-order chi connectivity index (χ1) is 20.4. The first kappa shape index (κ1) is 28.4. The van der Waals surface area contributed by atoms with E-state index in [4.69, 9.17) is 14.2 Å². The lowest BCUT2D eigenvalue weighted by Gasteiger charge is -2.58. The summed E-state index contributed by atoms with van der Waals surface area (Å²) in [5, 5.41) is 11.3. The molecule has 3 aromatic rings. The summed E-state index contributed by atoms with van der Waals surface area (Å²) >= 11 is 0. The van der Waals surface area contributed by atoms with Crippen LogP contribution in [0.2, 0.25) is 0 Å². The minimum Gasteiger partial charge on any atom is -0.490 e. The molecule has 2 aromatic heterocycles. The van der Waals surface area contributed by atoms with E-state index in [0.29, 0.717) is 18.1 Å². The summed E-state index contributed by atoms with van der Waals surface area (Å²) in [6.45, 7) is 8.43. The lowest BCUT2D eigenvalue weighted by molar-refractivity contribution is -0.0350. The number of nitrogens with zero attached hydrogens (tertiary/aromatic N) is 6. The van der Waals surface area contributed by atoms with Gasteiger partial charge in [0.2, 0.25) is 0 Å². The number of rotatable bonds is 6. The van der Waals surface area contributed by atoms with Crippen LogP contribution in [0, 0.1) is 11.2 Å². The van der Waals surface area contributed by atoms with Gasteiger partial charge < -0.3 is 24.4 Å². The summed E-state index contributed by atoms with van der Waals surface area (Å²) in [7, 11) is 2.13. The Morgan fingerprint density at radius 3 is 2.81 bits per heavy atom. The first-order valence-electron chi connectivity index (χ1n) is 14.4. The number of nitrogens with one attached hydrogen (secondary N) is 1. The number of carbonyl (C=O) groups is 1. The van der Waals surface area contributed by atoms with Crippen LogP contribution in [-0.2, 0) is 17.7 Å². The van der Waals surface area contributed by atoms with Gasteiger partial charge in [0.05, 0.1) is 18.8 Å². The summed E-state index contributed by atoms with van der Waals surface area (Å²) in [5.41, 5.74) is 2.59. The Labute approximate surface area is 244 Å². The van der Waals surface area contributed by atoms with Crippen molar-refractivity contribution >= 4 is 12.1 Å². The zero-order valence-corrected chi connectivity index (χ0v) is 24.0. The van der Waals surface area contributed by atoms with Crippen LogP contribution in [0.5, 0.6) is 17.4 Å². The first-order valence-corrected chi connectivity index (χ1v) is 14.4. The second-order valence-electron chi connectivity index (χ2n) is 11.6. The average Bonchev–Trinajstić information content (AvgIpc) is 2.97. The van der Waals surface area contributed by atoms with Crippen LogP contribution in [-0.4, -0.2) is 89.9 Å². The molecule has 1 spiro atoms. The highest BCUT2D eigenvalue weighted by molar-refractivity contribution is 5.79. The molecule has 1 unspecified atom stereocenters. The van der Waals surface area contributed by atoms with Gasteiger partial charge in [-0.3, -0.25) is 14.7 Å². The largest absolute Gasteiger partial charge is 0.490 e. The van der Waals surface area contributed by atoms with Gasteiger partial charge in [0.15, 0.2) is 12.1 Å². The predicted octanol–water partition coefficient (Wildman–Crippen LogP) is 3.04. The van der Waals surface area contributed by atoms with Crippen LogP contribution in [0.15, 0.2) is 36.8 Å². The van der Waals surface area contributed by atoms with Crippen LogP contribution in [0.4, 0.5) is 10.2 Å². The molecule has 2 saturated heterocycles. The van der Waals surface area contributed by atoms with Gasteiger partial charge in [-0.1, -0.05) is 0 Å². The number of hydrogen-bond donors (Lipinski definition) is 1. The number of morpholine rings is 1. The van der Waals surface area contributed by atoms with Crippen LogP contribution < -0.4 is 19.7 Å². The lowest BCUT2D eigenvalue weighted by atomic mass is 9.61. The van der Waals surface area contributed by atoms with Crippen molar-refractivity contribution in [1.29, 1.82) is 0 Å². The van der Waals surface area contributed by atoms with Gasteiger partial charge in [0.1, 0.15) is 29.7 Å². The second-order valence-corrected chi connectivity index (χ2v) is 11.6. The van der Waals surface area contributed by atoms with Crippen LogP contribution in [0.1, 0.15) is 41.4 Å². The summed E-state index contributed by atoms with van der Waals surface area (Å²) < 4.78 is 30.8. The van der Waals surface area contributed by atoms with Crippen molar-refractivity contribution in [3.63, 3.8) is 0 Å². The summed E-state index contributed by atoms with van der Waals surface area (Å²) in [4.78, 5) is 24.5. The van der Waals surface area contributed by atoms with Crippen LogP contribution in [0.3, 0.4) is 0 Å². The molecular weight excluding hydrogens is 541 g/mol. The average molecular weight is 578 g/mol. The fourth-order valence-corrected chi connectivity index (χ4v) is 5.95. The number of hydrogen-bond acceptors (Lipinski definition) is 11. The van der Waals surface area contributed by atoms with Gasteiger partial charge in [0, 0.05) is 68.1 Å². The fourth-order valence-electron chi connectivity index (χ4n) is 5.95. The zero-order valence-electron chi connectivity index (χ0n) is 24.0. The van der Waals surface area contributed by atoms with Crippen molar-refractivity contribution in [2.24, 2.45) is 5.41 Å². The third-order valence-electron chi connectivity index (χ3n) is 8.49. The fraction of sp³-hybridized carbons (Fsp3) is 0.500. The Morgan fingerprint density at radius 2 is 2.05 bits per heavy atom. The number of likely N-dealkylation sites (N-methyl/N-ethyl adjacent to an activating group) is 1. The molecule has 42 heavy (non-hydrogen) atoms. The van der Waals surface area contributed by atoms with E-state index in [-0.39, 0.29) is 28.7 Å². The van der Waals surface area contributed by atoms with Crippen molar-refractivity contribution in [3.8, 4) is 17.4 Å². The van der Waals surface area contributed by atoms with E-state index in [9.17, 15) is 9.18 Å². The van der Waals surface area contributed by atoms with Gasteiger partial charge in [-0.05, 0) is 51.1 Å². The molecule has 1 saturated carbocycles. The summed E-state index contributed by atoms with van der Waals surface area (Å²) in [6.07, 6.45) is 6.80. The van der Waals surface area contributed by atoms with E-state index < -0.39 is 5.82 Å². The molecule has 222 valence electrons. The zero-order chi connectivity index (χ0) is 29.1. The Hall–Kier alpha value is -3.74. The molecule has 3 fully saturated rings. The molecule has 4 aliphatic rings. The number of aromatic nitrogens is 4. The van der Waals surface area contributed by atoms with Crippen molar-refractivity contribution in [2.75, 3.05) is 51.3 Å². The van der Waals surface area contributed by atoms with Crippen molar-refractivity contribution in [2.45, 2.75) is 44.9 Å². The molecule has 0 radical (unpaired) electrons. The molecule has 1 N–H and O–H groups in total. The molecule has 12 heteroatoms. The van der Waals surface area contributed by atoms with E-state index in [1.54, 1.807) is 0 Å². The Morgan fingerprint density at radius 1 is 1.19 bits per heavy atom. The van der Waals surface area contributed by atoms with Crippen molar-refractivity contribution < 1.29 is 23.4 Å². The van der Waals surface area contributed by atoms with Gasteiger partial charge in [-0.15, -0.1) is 10.2 Å². The molecule has 1 atom stereocenters. The normalized spacial score (nSPS) is 21.3. The summed E-state index contributed by atoms with van der Waals surface area (Å²) in [6, 6.07) is 6.33. The number of carbonyl (C=O) groups excluding carboxylic acids is 1. The van der Waals surface area contributed by atoms with Gasteiger partial charge in [-0.2, -0.15) is 0 Å². The molecular formula is C30H36FN7O4. The maximum atomic E-state index is 13.4. The third kappa shape index (κ3) is 6.06. The monoisotopic (exact) mass is 577 g/mol. The smallest absolute Gasteiger partial charge is 0.282 e. The van der Waals surface area contributed by atoms with Gasteiger partial charge in [-0.25, -0.2) is 9.37 Å². The predicted molar refractivity (Wildman–Crippen MR) is 153 cm³/mol. The number of benzene rings is 1. The SMILES string of the molecule is CC1COCCN1C.O=Cc1cc(F)ccc1Oc1nncnc1N1CC2(CC(Oc3ccnc4c3CNCC4)C2)C1. The minimum absolute atomic E-state index is 0.101. The Kier molecular flexibility index (Phi) is 8.27. The van der Waals surface area contributed by atoms with Crippen LogP contribution >= 0.6 is 0 Å². The van der Waals surface area contributed by atoms with Crippen molar-refractivity contribution in [1.82, 2.24) is 30.4 Å². The molecule has 0 amide bonds. The van der Waals surface area contributed by atoms with Crippen molar-refractivity contribution in [3.05, 3.63) is 59.4 Å². The number of pyridine rings is 1. The molecule has 5 heterocycles. The molecule has 3 aliphatic heterocycles. The molecule has 11 nitrogen and oxygen atoms in total. The maximum Gasteiger partial charge on any atom is 0.282 e. The van der Waals surface area contributed by atoms with E-state index in [0.717, 1.165) is 82.7 Å². The number of halogens is 1. The molecule has 7 rings (SSSR count). The van der Waals surface area contributed by atoms with Gasteiger partial charge in [0.25, 0.3) is 5.88 Å². The van der Waals surface area contributed by atoms with Crippen LogP contribution in [0.25, 0.3) is 0 Å². The molecule has 1 aliphatic carbocycles. The highest BCUT2D eigenvalue weighted by atomic mass is 19.1. The standard InChI is InChI=1S/C24H23FN6O3.C6H13NO/c25-16-1-2-20(15(7-16)11-32)34-23-22(28-14-29-30-23)31-12-24(13-31)8-17(9-24)33-21-4-6-27-19-3-5-26-10-18(19)21;1-6-5-8-4-3-7(6)2/h1-2,4,6-7,11,14,17,26H,3,5,8-10,12-13H2;6H,3-5H2,1-2H3. The van der Waals surface area contributed by atoms with E-state index in [1.165, 1.54) is 24.0 Å². The highest BCUT2D eigenvalue weighted by Gasteiger charge is 2.54. The molecule has 1 aromatic carbocycles. The molecule has 0 bridgehead atoms. The second kappa shape index (κ2) is 12.2. The third-order valence-corrected chi connectivity index (χ3v) is 8.49. The minimum atomic E-state index is -0.512. The maximum absolute atomic E-state index is 13.4. The van der Waals surface area contributed by atoms with E-state index in [1.807, 2.05) is 12.3 Å². The quantitative estimate of drug-likeness (QED) is 0.436. The van der Waals surface area contributed by atoms with E-state index >= 15 is 0 Å². The number of fused-ring (bicyclic) bond motifs is 1. The van der Waals surface area contributed by atoms with Gasteiger partial charge >= 0.3 is 0 Å². The highest BCUT2D eigenvalue weighted by Crippen LogP contribution is 2.51. The Balaban J connectivity index is 0.000000343. The number of aldehydes is 1. The van der Waals surface area contributed by atoms with E-state index in [2.05, 4.69) is 49.3 Å².